The molecular formula is C15H20O3. The number of carbonyl (C=O) groups excluding carboxylic acids is 1. The van der Waals surface area contributed by atoms with Crippen molar-refractivity contribution in [2.75, 3.05) is 0 Å². The van der Waals surface area contributed by atoms with Crippen molar-refractivity contribution in [3.63, 3.8) is 0 Å². The average molecular weight is 248 g/mol. The Labute approximate surface area is 108 Å². The van der Waals surface area contributed by atoms with Gasteiger partial charge in [-0.05, 0) is 45.6 Å². The quantitative estimate of drug-likeness (QED) is 0.529. The highest BCUT2D eigenvalue weighted by molar-refractivity contribution is 5.91. The lowest BCUT2D eigenvalue weighted by molar-refractivity contribution is -0.177. The minimum Gasteiger partial charge on any atom is -0.426 e. The monoisotopic (exact) mass is 248 g/mol. The predicted octanol–water partition coefficient (Wildman–Crippen LogP) is 3.01. The zero-order chi connectivity index (χ0) is 13.2. The molecule has 2 rings (SSSR count). The van der Waals surface area contributed by atoms with Gasteiger partial charge in [-0.3, -0.25) is 0 Å². The van der Waals surface area contributed by atoms with Gasteiger partial charge in [-0.25, -0.2) is 4.79 Å². The van der Waals surface area contributed by atoms with E-state index in [1.165, 1.54) is 5.57 Å². The normalized spacial score (nSPS) is 29.5. The summed E-state index contributed by atoms with van der Waals surface area (Å²) in [7, 11) is 0. The summed E-state index contributed by atoms with van der Waals surface area (Å²) in [5.74, 6) is -1.80. The first-order chi connectivity index (χ1) is 8.48. The maximum absolute atomic E-state index is 11.7. The summed E-state index contributed by atoms with van der Waals surface area (Å²) < 4.78 is 5.09. The zero-order valence-electron chi connectivity index (χ0n) is 11.0. The second-order valence-corrected chi connectivity index (χ2v) is 5.26. The van der Waals surface area contributed by atoms with Crippen LogP contribution >= 0.6 is 0 Å². The molecule has 0 spiro atoms. The Balaban J connectivity index is 2.24. The molecular weight excluding hydrogens is 228 g/mol. The SMILES string of the molecule is CC1=CCCC2=C[C@@](O)(CC(C)=CCC1)OC2=O. The van der Waals surface area contributed by atoms with Crippen molar-refractivity contribution in [1.29, 1.82) is 0 Å². The van der Waals surface area contributed by atoms with E-state index in [-0.39, 0.29) is 5.97 Å². The van der Waals surface area contributed by atoms with E-state index in [1.54, 1.807) is 6.08 Å². The molecule has 1 heterocycles. The molecule has 0 radical (unpaired) electrons. The predicted molar refractivity (Wildman–Crippen MR) is 69.7 cm³/mol. The maximum Gasteiger partial charge on any atom is 0.336 e. The number of carbonyl (C=O) groups is 1. The van der Waals surface area contributed by atoms with E-state index in [1.807, 2.05) is 6.92 Å². The molecule has 2 bridgehead atoms. The van der Waals surface area contributed by atoms with Crippen LogP contribution in [0.25, 0.3) is 0 Å². The number of ether oxygens (including phenoxy) is 1. The van der Waals surface area contributed by atoms with Gasteiger partial charge in [-0.15, -0.1) is 0 Å². The lowest BCUT2D eigenvalue weighted by Crippen LogP contribution is -2.27. The van der Waals surface area contributed by atoms with Crippen molar-refractivity contribution in [3.8, 4) is 0 Å². The van der Waals surface area contributed by atoms with Crippen LogP contribution in [-0.2, 0) is 9.53 Å². The second-order valence-electron chi connectivity index (χ2n) is 5.26. The van der Waals surface area contributed by atoms with Crippen molar-refractivity contribution in [2.24, 2.45) is 0 Å². The molecule has 0 aromatic carbocycles. The molecule has 1 aliphatic heterocycles. The van der Waals surface area contributed by atoms with Crippen molar-refractivity contribution < 1.29 is 14.6 Å². The van der Waals surface area contributed by atoms with E-state index < -0.39 is 5.79 Å². The van der Waals surface area contributed by atoms with Crippen LogP contribution < -0.4 is 0 Å². The van der Waals surface area contributed by atoms with Gasteiger partial charge < -0.3 is 9.84 Å². The van der Waals surface area contributed by atoms with Gasteiger partial charge in [0.15, 0.2) is 0 Å². The Bertz CT molecular complexity index is 443. The lowest BCUT2D eigenvalue weighted by atomic mass is 10.00. The van der Waals surface area contributed by atoms with E-state index in [9.17, 15) is 9.90 Å². The third-order valence-corrected chi connectivity index (χ3v) is 3.40. The second kappa shape index (κ2) is 5.11. The van der Waals surface area contributed by atoms with Crippen LogP contribution in [0.15, 0.2) is 34.9 Å². The fraction of sp³-hybridized carbons (Fsp3) is 0.533. The van der Waals surface area contributed by atoms with Crippen LogP contribution in [0.1, 0.15) is 46.0 Å². The Kier molecular flexibility index (Phi) is 3.71. The Hall–Kier alpha value is -1.35. The van der Waals surface area contributed by atoms with Crippen LogP contribution in [0.5, 0.6) is 0 Å². The molecule has 3 nitrogen and oxygen atoms in total. The van der Waals surface area contributed by atoms with Gasteiger partial charge in [0.1, 0.15) is 0 Å². The summed E-state index contributed by atoms with van der Waals surface area (Å²) in [6, 6.07) is 0. The number of rotatable bonds is 0. The van der Waals surface area contributed by atoms with Crippen molar-refractivity contribution in [1.82, 2.24) is 0 Å². The summed E-state index contributed by atoms with van der Waals surface area (Å²) in [5, 5.41) is 10.2. The number of aliphatic hydroxyl groups is 1. The van der Waals surface area contributed by atoms with Crippen molar-refractivity contribution >= 4 is 5.97 Å². The first kappa shape index (κ1) is 13.1. The molecule has 1 atom stereocenters. The Morgan fingerprint density at radius 3 is 2.61 bits per heavy atom. The van der Waals surface area contributed by atoms with Gasteiger partial charge in [-0.2, -0.15) is 0 Å². The lowest BCUT2D eigenvalue weighted by Gasteiger charge is -2.19. The van der Waals surface area contributed by atoms with Crippen molar-refractivity contribution in [3.05, 3.63) is 34.9 Å². The number of esters is 1. The number of fused-ring (bicyclic) bond motifs is 1. The Morgan fingerprint density at radius 1 is 1.17 bits per heavy atom. The van der Waals surface area contributed by atoms with Gasteiger partial charge in [-0.1, -0.05) is 23.3 Å². The summed E-state index contributed by atoms with van der Waals surface area (Å²) in [5.41, 5.74) is 2.99. The van der Waals surface area contributed by atoms with E-state index in [4.69, 9.17) is 4.74 Å². The molecule has 98 valence electrons. The molecule has 1 N–H and O–H groups in total. The fourth-order valence-electron chi connectivity index (χ4n) is 2.44. The number of hydrogen-bond donors (Lipinski definition) is 1. The molecule has 0 saturated carbocycles. The van der Waals surface area contributed by atoms with Crippen LogP contribution in [0.4, 0.5) is 0 Å². The first-order valence-electron chi connectivity index (χ1n) is 6.47. The third kappa shape index (κ3) is 3.10. The van der Waals surface area contributed by atoms with Gasteiger partial charge in [0.2, 0.25) is 5.79 Å². The zero-order valence-corrected chi connectivity index (χ0v) is 11.0. The van der Waals surface area contributed by atoms with Gasteiger partial charge in [0.25, 0.3) is 0 Å². The van der Waals surface area contributed by atoms with Crippen molar-refractivity contribution in [2.45, 2.75) is 51.7 Å². The van der Waals surface area contributed by atoms with Crippen LogP contribution in [0.3, 0.4) is 0 Å². The highest BCUT2D eigenvalue weighted by Crippen LogP contribution is 2.31. The molecule has 0 aromatic rings. The fourth-order valence-corrected chi connectivity index (χ4v) is 2.44. The largest absolute Gasteiger partial charge is 0.426 e. The summed E-state index contributed by atoms with van der Waals surface area (Å²) in [4.78, 5) is 11.7. The average Bonchev–Trinajstić information content (AvgIpc) is 2.52. The van der Waals surface area contributed by atoms with Crippen LogP contribution in [0, 0.1) is 0 Å². The molecule has 18 heavy (non-hydrogen) atoms. The summed E-state index contributed by atoms with van der Waals surface area (Å²) in [6.45, 7) is 4.08. The topological polar surface area (TPSA) is 46.5 Å². The smallest absolute Gasteiger partial charge is 0.336 e. The maximum atomic E-state index is 11.7. The minimum absolute atomic E-state index is 0.366. The molecule has 0 aromatic heterocycles. The van der Waals surface area contributed by atoms with E-state index in [2.05, 4.69) is 19.1 Å². The molecule has 0 saturated heterocycles. The molecule has 0 unspecified atom stereocenters. The van der Waals surface area contributed by atoms with E-state index in [0.29, 0.717) is 18.4 Å². The highest BCUT2D eigenvalue weighted by Gasteiger charge is 2.37. The van der Waals surface area contributed by atoms with Gasteiger partial charge in [0, 0.05) is 12.0 Å². The standard InChI is InChI=1S/C15H20O3/c1-11-5-3-7-12(2)9-15(17)10-13(8-4-6-11)14(16)18-15/h6-7,10,17H,3-5,8-9H2,1-2H3/t15-/m1/s1. The minimum atomic E-state index is -1.43. The molecule has 0 fully saturated rings. The summed E-state index contributed by atoms with van der Waals surface area (Å²) >= 11 is 0. The molecule has 0 amide bonds. The van der Waals surface area contributed by atoms with E-state index in [0.717, 1.165) is 24.8 Å². The van der Waals surface area contributed by atoms with Gasteiger partial charge >= 0.3 is 5.97 Å². The van der Waals surface area contributed by atoms with Crippen LogP contribution in [0.2, 0.25) is 0 Å². The third-order valence-electron chi connectivity index (χ3n) is 3.40. The van der Waals surface area contributed by atoms with Gasteiger partial charge in [0.05, 0.1) is 0 Å². The highest BCUT2D eigenvalue weighted by atomic mass is 16.7. The first-order valence-corrected chi connectivity index (χ1v) is 6.47. The molecule has 1 aliphatic carbocycles. The molecule has 2 aliphatic rings. The summed E-state index contributed by atoms with van der Waals surface area (Å²) in [6.07, 6.45) is 9.68. The van der Waals surface area contributed by atoms with E-state index >= 15 is 0 Å². The number of hydrogen-bond acceptors (Lipinski definition) is 3. The van der Waals surface area contributed by atoms with Crippen LogP contribution in [-0.4, -0.2) is 16.9 Å². The Morgan fingerprint density at radius 2 is 1.83 bits per heavy atom. The number of allylic oxidation sites excluding steroid dienone is 3. The molecule has 3 heteroatoms.